The Kier molecular flexibility index (Phi) is 4.70. The van der Waals surface area contributed by atoms with Gasteiger partial charge in [0.2, 0.25) is 5.91 Å². The Bertz CT molecular complexity index is 270. The van der Waals surface area contributed by atoms with Crippen LogP contribution < -0.4 is 5.32 Å². The third kappa shape index (κ3) is 3.18. The molecule has 0 aromatic carbocycles. The second-order valence-corrected chi connectivity index (χ2v) is 4.00. The van der Waals surface area contributed by atoms with Gasteiger partial charge in [-0.1, -0.05) is 0 Å². The average molecular weight is 230 g/mol. The SMILES string of the molecule is CNCCCC(=O)N1C[C@H](O)C[C@H]1C(=O)O. The van der Waals surface area contributed by atoms with Gasteiger partial charge in [0.1, 0.15) is 6.04 Å². The number of carbonyl (C=O) groups is 2. The molecule has 0 aromatic heterocycles. The van der Waals surface area contributed by atoms with Crippen LogP contribution in [-0.2, 0) is 9.59 Å². The number of amides is 1. The Balaban J connectivity index is 2.50. The highest BCUT2D eigenvalue weighted by molar-refractivity contribution is 5.84. The van der Waals surface area contributed by atoms with Crippen molar-refractivity contribution in [3.8, 4) is 0 Å². The first-order chi connectivity index (χ1) is 7.56. The Labute approximate surface area is 94.2 Å². The number of β-amino-alcohol motifs (C(OH)–C–C–N with tert-alkyl or cyclic N) is 1. The summed E-state index contributed by atoms with van der Waals surface area (Å²) >= 11 is 0. The summed E-state index contributed by atoms with van der Waals surface area (Å²) in [7, 11) is 1.80. The van der Waals surface area contributed by atoms with Crippen LogP contribution in [0.4, 0.5) is 0 Å². The van der Waals surface area contributed by atoms with Crippen LogP contribution in [0.3, 0.4) is 0 Å². The Morgan fingerprint density at radius 2 is 2.19 bits per heavy atom. The standard InChI is InChI=1S/C10H18N2O4/c1-11-4-2-3-9(14)12-6-7(13)5-8(12)10(15)16/h7-8,11,13H,2-6H2,1H3,(H,15,16)/t7-,8+/m1/s1. The molecule has 0 aliphatic carbocycles. The van der Waals surface area contributed by atoms with Crippen LogP contribution in [0.5, 0.6) is 0 Å². The van der Waals surface area contributed by atoms with Crippen LogP contribution >= 0.6 is 0 Å². The lowest BCUT2D eigenvalue weighted by molar-refractivity contribution is -0.148. The lowest BCUT2D eigenvalue weighted by atomic mass is 10.2. The molecular weight excluding hydrogens is 212 g/mol. The van der Waals surface area contributed by atoms with Crippen molar-refractivity contribution < 1.29 is 19.8 Å². The minimum atomic E-state index is -1.04. The molecule has 1 saturated heterocycles. The molecule has 6 nitrogen and oxygen atoms in total. The maximum Gasteiger partial charge on any atom is 0.326 e. The van der Waals surface area contributed by atoms with Gasteiger partial charge in [0, 0.05) is 19.4 Å². The van der Waals surface area contributed by atoms with E-state index in [4.69, 9.17) is 5.11 Å². The van der Waals surface area contributed by atoms with Crippen LogP contribution in [0.2, 0.25) is 0 Å². The maximum atomic E-state index is 11.7. The second kappa shape index (κ2) is 5.81. The van der Waals surface area contributed by atoms with E-state index in [1.54, 1.807) is 7.05 Å². The van der Waals surface area contributed by atoms with E-state index in [2.05, 4.69) is 5.32 Å². The number of aliphatic carboxylic acids is 1. The predicted molar refractivity (Wildman–Crippen MR) is 56.9 cm³/mol. The van der Waals surface area contributed by atoms with Crippen LogP contribution in [0.25, 0.3) is 0 Å². The number of nitrogens with one attached hydrogen (secondary N) is 1. The van der Waals surface area contributed by atoms with E-state index in [0.717, 1.165) is 6.54 Å². The van der Waals surface area contributed by atoms with Crippen molar-refractivity contribution in [2.45, 2.75) is 31.4 Å². The van der Waals surface area contributed by atoms with E-state index in [1.807, 2.05) is 0 Å². The number of nitrogens with zero attached hydrogens (tertiary/aromatic N) is 1. The molecule has 0 radical (unpaired) electrons. The number of rotatable bonds is 5. The Hall–Kier alpha value is -1.14. The first-order valence-corrected chi connectivity index (χ1v) is 5.41. The van der Waals surface area contributed by atoms with Gasteiger partial charge in [-0.2, -0.15) is 0 Å². The summed E-state index contributed by atoms with van der Waals surface area (Å²) in [6.07, 6.45) is 0.410. The van der Waals surface area contributed by atoms with Gasteiger partial charge in [0.15, 0.2) is 0 Å². The molecule has 1 aliphatic heterocycles. The molecule has 1 rings (SSSR count). The summed E-state index contributed by atoms with van der Waals surface area (Å²) in [5.41, 5.74) is 0. The molecule has 0 saturated carbocycles. The van der Waals surface area contributed by atoms with Gasteiger partial charge in [-0.25, -0.2) is 4.79 Å². The number of likely N-dealkylation sites (tertiary alicyclic amines) is 1. The molecule has 0 bridgehead atoms. The van der Waals surface area contributed by atoms with Crippen molar-refractivity contribution in [1.82, 2.24) is 10.2 Å². The van der Waals surface area contributed by atoms with Gasteiger partial charge in [-0.15, -0.1) is 0 Å². The van der Waals surface area contributed by atoms with Crippen LogP contribution in [-0.4, -0.2) is 59.3 Å². The number of hydrogen-bond acceptors (Lipinski definition) is 4. The minimum Gasteiger partial charge on any atom is -0.480 e. The van der Waals surface area contributed by atoms with Gasteiger partial charge in [0.25, 0.3) is 0 Å². The van der Waals surface area contributed by atoms with Crippen LogP contribution in [0.1, 0.15) is 19.3 Å². The average Bonchev–Trinajstić information content (AvgIpc) is 2.61. The normalized spacial score (nSPS) is 24.8. The molecule has 0 spiro atoms. The van der Waals surface area contributed by atoms with Crippen molar-refractivity contribution in [2.24, 2.45) is 0 Å². The number of aliphatic hydroxyl groups is 1. The molecule has 1 amide bonds. The van der Waals surface area contributed by atoms with E-state index in [1.165, 1.54) is 4.90 Å². The highest BCUT2D eigenvalue weighted by Crippen LogP contribution is 2.19. The summed E-state index contributed by atoms with van der Waals surface area (Å²) in [6, 6.07) is -0.864. The first kappa shape index (κ1) is 12.9. The highest BCUT2D eigenvalue weighted by atomic mass is 16.4. The van der Waals surface area contributed by atoms with Gasteiger partial charge in [0.05, 0.1) is 6.10 Å². The van der Waals surface area contributed by atoms with Gasteiger partial charge >= 0.3 is 5.97 Å². The van der Waals surface area contributed by atoms with Crippen LogP contribution in [0.15, 0.2) is 0 Å². The number of carboxylic acids is 1. The fourth-order valence-corrected chi connectivity index (χ4v) is 1.88. The van der Waals surface area contributed by atoms with E-state index < -0.39 is 18.1 Å². The van der Waals surface area contributed by atoms with Crippen molar-refractivity contribution >= 4 is 11.9 Å². The highest BCUT2D eigenvalue weighted by Gasteiger charge is 2.38. The summed E-state index contributed by atoms with van der Waals surface area (Å²) < 4.78 is 0. The second-order valence-electron chi connectivity index (χ2n) is 4.00. The Morgan fingerprint density at radius 1 is 1.50 bits per heavy atom. The molecule has 0 aromatic rings. The zero-order valence-electron chi connectivity index (χ0n) is 9.35. The molecule has 6 heteroatoms. The first-order valence-electron chi connectivity index (χ1n) is 5.41. The van der Waals surface area contributed by atoms with Crippen molar-refractivity contribution in [2.75, 3.05) is 20.1 Å². The minimum absolute atomic E-state index is 0.132. The van der Waals surface area contributed by atoms with Gasteiger partial charge in [-0.05, 0) is 20.0 Å². The fraction of sp³-hybridized carbons (Fsp3) is 0.800. The number of carbonyl (C=O) groups excluding carboxylic acids is 1. The molecule has 1 aliphatic rings. The third-order valence-corrected chi connectivity index (χ3v) is 2.70. The summed E-state index contributed by atoms with van der Waals surface area (Å²) in [5, 5.41) is 21.2. The van der Waals surface area contributed by atoms with E-state index in [-0.39, 0.29) is 18.9 Å². The smallest absolute Gasteiger partial charge is 0.326 e. The summed E-state index contributed by atoms with van der Waals surface area (Å²) in [6.45, 7) is 0.856. The monoisotopic (exact) mass is 230 g/mol. The molecule has 16 heavy (non-hydrogen) atoms. The lowest BCUT2D eigenvalue weighted by Crippen LogP contribution is -2.40. The zero-order chi connectivity index (χ0) is 12.1. The quantitative estimate of drug-likeness (QED) is 0.529. The summed E-state index contributed by atoms with van der Waals surface area (Å²) in [5.74, 6) is -1.24. The topological polar surface area (TPSA) is 89.9 Å². The number of aliphatic hydroxyl groups excluding tert-OH is 1. The third-order valence-electron chi connectivity index (χ3n) is 2.70. The molecule has 0 unspecified atom stereocenters. The molecule has 1 heterocycles. The molecule has 92 valence electrons. The molecular formula is C10H18N2O4. The van der Waals surface area contributed by atoms with E-state index >= 15 is 0 Å². The lowest BCUT2D eigenvalue weighted by Gasteiger charge is -2.21. The Morgan fingerprint density at radius 3 is 2.75 bits per heavy atom. The fourth-order valence-electron chi connectivity index (χ4n) is 1.88. The molecule has 2 atom stereocenters. The van der Waals surface area contributed by atoms with Crippen molar-refractivity contribution in [1.29, 1.82) is 0 Å². The van der Waals surface area contributed by atoms with Gasteiger partial charge < -0.3 is 20.4 Å². The van der Waals surface area contributed by atoms with Crippen molar-refractivity contribution in [3.05, 3.63) is 0 Å². The maximum absolute atomic E-state index is 11.7. The van der Waals surface area contributed by atoms with Crippen LogP contribution in [0, 0.1) is 0 Å². The largest absolute Gasteiger partial charge is 0.480 e. The summed E-state index contributed by atoms with van der Waals surface area (Å²) in [4.78, 5) is 23.8. The predicted octanol–water partition coefficient (Wildman–Crippen LogP) is -0.968. The zero-order valence-corrected chi connectivity index (χ0v) is 9.35. The van der Waals surface area contributed by atoms with E-state index in [9.17, 15) is 14.7 Å². The number of carboxylic acid groups (broad SMARTS) is 1. The van der Waals surface area contributed by atoms with E-state index in [0.29, 0.717) is 12.8 Å². The molecule has 3 N–H and O–H groups in total. The van der Waals surface area contributed by atoms with Gasteiger partial charge in [-0.3, -0.25) is 4.79 Å². The van der Waals surface area contributed by atoms with Crippen molar-refractivity contribution in [3.63, 3.8) is 0 Å². The number of hydrogen-bond donors (Lipinski definition) is 3. The molecule has 1 fully saturated rings.